The second-order valence-corrected chi connectivity index (χ2v) is 3.41. The fraction of sp³-hybridized carbons (Fsp3) is 0.182. The number of phenolic OH excluding ortho intramolecular Hbond substituents is 1. The van der Waals surface area contributed by atoms with E-state index < -0.39 is 0 Å². The number of para-hydroxylation sites is 1. The molecular weight excluding hydrogens is 204 g/mol. The van der Waals surface area contributed by atoms with Crippen LogP contribution in [0.4, 0.5) is 0 Å². The zero-order chi connectivity index (χ0) is 11.5. The summed E-state index contributed by atoms with van der Waals surface area (Å²) in [7, 11) is 0. The van der Waals surface area contributed by atoms with Gasteiger partial charge in [-0.05, 0) is 26.0 Å². The lowest BCUT2D eigenvalue weighted by atomic mass is 10.2. The summed E-state index contributed by atoms with van der Waals surface area (Å²) < 4.78 is 1.62. The predicted octanol–water partition coefficient (Wildman–Crippen LogP) is 1.48. The van der Waals surface area contributed by atoms with Gasteiger partial charge >= 0.3 is 0 Å². The van der Waals surface area contributed by atoms with Crippen LogP contribution in [0, 0.1) is 13.8 Å². The van der Waals surface area contributed by atoms with Gasteiger partial charge in [-0.25, -0.2) is 4.68 Å². The Balaban J connectivity index is 2.32. The number of hydrogen-bond acceptors (Lipinski definition) is 4. The molecule has 16 heavy (non-hydrogen) atoms. The van der Waals surface area contributed by atoms with Gasteiger partial charge in [-0.1, -0.05) is 12.1 Å². The topological polar surface area (TPSA) is 63.3 Å². The normalized spacial score (nSPS) is 11.1. The summed E-state index contributed by atoms with van der Waals surface area (Å²) in [5.74, 6) is 1.63. The Kier molecular flexibility index (Phi) is 2.68. The number of benzene rings is 1. The number of aromatic hydroxyl groups is 1. The Bertz CT molecular complexity index is 511. The van der Waals surface area contributed by atoms with Crippen LogP contribution < -0.4 is 0 Å². The molecule has 1 N–H and O–H groups in total. The summed E-state index contributed by atoms with van der Waals surface area (Å²) in [4.78, 5) is 0. The molecule has 0 saturated heterocycles. The van der Waals surface area contributed by atoms with Crippen molar-refractivity contribution in [1.29, 1.82) is 0 Å². The number of rotatable bonds is 2. The summed E-state index contributed by atoms with van der Waals surface area (Å²) in [6, 6.07) is 7.01. The number of phenols is 1. The SMILES string of the molecule is Cc1nnc(C)n1/N=C\c1ccccc1O. The van der Waals surface area contributed by atoms with Crippen LogP contribution in [0.1, 0.15) is 17.2 Å². The molecule has 5 heteroatoms. The highest BCUT2D eigenvalue weighted by Gasteiger charge is 2.01. The molecule has 1 aromatic carbocycles. The van der Waals surface area contributed by atoms with Crippen LogP contribution >= 0.6 is 0 Å². The van der Waals surface area contributed by atoms with Gasteiger partial charge in [-0.15, -0.1) is 10.2 Å². The maximum Gasteiger partial charge on any atom is 0.151 e. The van der Waals surface area contributed by atoms with E-state index in [1.807, 2.05) is 19.9 Å². The number of aryl methyl sites for hydroxylation is 2. The molecule has 0 aliphatic carbocycles. The van der Waals surface area contributed by atoms with Crippen LogP contribution in [0.25, 0.3) is 0 Å². The highest BCUT2D eigenvalue weighted by molar-refractivity contribution is 5.83. The summed E-state index contributed by atoms with van der Waals surface area (Å²) in [5.41, 5.74) is 0.662. The molecule has 0 spiro atoms. The zero-order valence-electron chi connectivity index (χ0n) is 9.12. The van der Waals surface area contributed by atoms with Crippen molar-refractivity contribution < 1.29 is 5.11 Å². The van der Waals surface area contributed by atoms with Gasteiger partial charge in [-0.3, -0.25) is 0 Å². The van der Waals surface area contributed by atoms with Crippen LogP contribution in [0.2, 0.25) is 0 Å². The molecule has 82 valence electrons. The van der Waals surface area contributed by atoms with Gasteiger partial charge in [0.1, 0.15) is 5.75 Å². The van der Waals surface area contributed by atoms with Crippen molar-refractivity contribution >= 4 is 6.21 Å². The molecule has 2 aromatic rings. The fourth-order valence-corrected chi connectivity index (χ4v) is 1.35. The van der Waals surface area contributed by atoms with Gasteiger partial charge in [0.25, 0.3) is 0 Å². The average molecular weight is 216 g/mol. The van der Waals surface area contributed by atoms with Crippen LogP contribution in [0.3, 0.4) is 0 Å². The first-order chi connectivity index (χ1) is 7.68. The smallest absolute Gasteiger partial charge is 0.151 e. The fourth-order valence-electron chi connectivity index (χ4n) is 1.35. The standard InChI is InChI=1S/C11H12N4O/c1-8-13-14-9(2)15(8)12-7-10-5-3-4-6-11(10)16/h3-7,16H,1-2H3/b12-7-. The van der Waals surface area contributed by atoms with Crippen LogP contribution in [-0.4, -0.2) is 26.2 Å². The molecule has 0 bridgehead atoms. The zero-order valence-corrected chi connectivity index (χ0v) is 9.12. The van der Waals surface area contributed by atoms with E-state index in [2.05, 4.69) is 15.3 Å². The summed E-state index contributed by atoms with van der Waals surface area (Å²) in [6.07, 6.45) is 1.58. The van der Waals surface area contributed by atoms with E-state index in [4.69, 9.17) is 0 Å². The van der Waals surface area contributed by atoms with Gasteiger partial charge in [0.2, 0.25) is 0 Å². The Morgan fingerprint density at radius 1 is 1.19 bits per heavy atom. The maximum absolute atomic E-state index is 9.55. The van der Waals surface area contributed by atoms with Crippen molar-refractivity contribution in [3.8, 4) is 5.75 Å². The second kappa shape index (κ2) is 4.14. The van der Waals surface area contributed by atoms with E-state index in [0.717, 1.165) is 0 Å². The van der Waals surface area contributed by atoms with Crippen molar-refractivity contribution in [2.45, 2.75) is 13.8 Å². The first-order valence-electron chi connectivity index (χ1n) is 4.89. The van der Waals surface area contributed by atoms with Gasteiger partial charge in [0, 0.05) is 5.56 Å². The maximum atomic E-state index is 9.55. The summed E-state index contributed by atoms with van der Waals surface area (Å²) in [6.45, 7) is 3.64. The molecule has 0 atom stereocenters. The van der Waals surface area contributed by atoms with Crippen molar-refractivity contribution in [3.63, 3.8) is 0 Å². The molecule has 2 rings (SSSR count). The highest BCUT2D eigenvalue weighted by atomic mass is 16.3. The van der Waals surface area contributed by atoms with E-state index in [1.165, 1.54) is 0 Å². The number of hydrogen-bond donors (Lipinski definition) is 1. The Labute approximate surface area is 93.1 Å². The lowest BCUT2D eigenvalue weighted by molar-refractivity contribution is 0.474. The van der Waals surface area contributed by atoms with Gasteiger partial charge in [-0.2, -0.15) is 5.10 Å². The first-order valence-corrected chi connectivity index (χ1v) is 4.89. The van der Waals surface area contributed by atoms with Crippen molar-refractivity contribution in [2.75, 3.05) is 0 Å². The third-order valence-corrected chi connectivity index (χ3v) is 2.20. The van der Waals surface area contributed by atoms with E-state index >= 15 is 0 Å². The number of aromatic nitrogens is 3. The van der Waals surface area contributed by atoms with Crippen molar-refractivity contribution in [2.24, 2.45) is 5.10 Å². The average Bonchev–Trinajstić information content (AvgIpc) is 2.58. The molecule has 0 aliphatic rings. The van der Waals surface area contributed by atoms with Gasteiger partial charge in [0.15, 0.2) is 11.6 Å². The Hall–Kier alpha value is -2.17. The van der Waals surface area contributed by atoms with E-state index in [-0.39, 0.29) is 5.75 Å². The minimum Gasteiger partial charge on any atom is -0.507 e. The van der Waals surface area contributed by atoms with Crippen LogP contribution in [0.15, 0.2) is 29.4 Å². The van der Waals surface area contributed by atoms with E-state index in [1.54, 1.807) is 29.1 Å². The summed E-state index contributed by atoms with van der Waals surface area (Å²) >= 11 is 0. The highest BCUT2D eigenvalue weighted by Crippen LogP contribution is 2.13. The van der Waals surface area contributed by atoms with Crippen molar-refractivity contribution in [3.05, 3.63) is 41.5 Å². The van der Waals surface area contributed by atoms with E-state index in [0.29, 0.717) is 17.2 Å². The molecular formula is C11H12N4O. The lowest BCUT2D eigenvalue weighted by Crippen LogP contribution is -1.96. The minimum atomic E-state index is 0.203. The monoisotopic (exact) mass is 216 g/mol. The minimum absolute atomic E-state index is 0.203. The molecule has 0 aliphatic heterocycles. The van der Waals surface area contributed by atoms with Gasteiger partial charge < -0.3 is 5.11 Å². The molecule has 0 saturated carbocycles. The summed E-state index contributed by atoms with van der Waals surface area (Å²) in [5, 5.41) is 21.5. The first kappa shape index (κ1) is 10.4. The molecule has 1 aromatic heterocycles. The van der Waals surface area contributed by atoms with Crippen LogP contribution in [-0.2, 0) is 0 Å². The third-order valence-electron chi connectivity index (χ3n) is 2.20. The Morgan fingerprint density at radius 3 is 2.44 bits per heavy atom. The molecule has 0 fully saturated rings. The molecule has 0 unspecified atom stereocenters. The van der Waals surface area contributed by atoms with Gasteiger partial charge in [0.05, 0.1) is 6.21 Å². The third kappa shape index (κ3) is 1.93. The Morgan fingerprint density at radius 2 is 1.81 bits per heavy atom. The quantitative estimate of drug-likeness (QED) is 0.773. The van der Waals surface area contributed by atoms with Crippen LogP contribution in [0.5, 0.6) is 5.75 Å². The predicted molar refractivity (Wildman–Crippen MR) is 60.6 cm³/mol. The molecule has 0 radical (unpaired) electrons. The molecule has 5 nitrogen and oxygen atoms in total. The largest absolute Gasteiger partial charge is 0.507 e. The van der Waals surface area contributed by atoms with Crippen molar-refractivity contribution in [1.82, 2.24) is 14.9 Å². The second-order valence-electron chi connectivity index (χ2n) is 3.41. The lowest BCUT2D eigenvalue weighted by Gasteiger charge is -1.99. The number of nitrogens with zero attached hydrogens (tertiary/aromatic N) is 4. The van der Waals surface area contributed by atoms with E-state index in [9.17, 15) is 5.11 Å². The molecule has 1 heterocycles. The molecule has 0 amide bonds.